The number of hydrogen-bond acceptors (Lipinski definition) is 6. The van der Waals surface area contributed by atoms with E-state index in [-0.39, 0.29) is 11.0 Å². The van der Waals surface area contributed by atoms with E-state index in [1.54, 1.807) is 13.8 Å². The standard InChI is InChI=1S/C23H28N4O4S/c1-13(14-7-8-14)19-9-15(11-24)17-5-4-6-18(17)21(19)26-22(28)27-32(25,30)20-10-16(12-31-20)23(2,3)29/h9-10,12-14,29H,4-8H2,1-3H3,(H3,25,26,27,28,30)/t13-,32-/m1/s1. The largest absolute Gasteiger partial charge is 0.452 e. The summed E-state index contributed by atoms with van der Waals surface area (Å²) in [6.45, 7) is 5.19. The monoisotopic (exact) mass is 456 g/mol. The SMILES string of the molecule is C[C@@H](c1cc(C#N)c2c(c1NC(=O)N[S@@](=N)(=O)c1cc(C(C)(C)O)co1)CCC2)C1CC1. The molecule has 2 aliphatic rings. The molecule has 0 aliphatic heterocycles. The summed E-state index contributed by atoms with van der Waals surface area (Å²) in [5, 5.41) is 22.3. The third-order valence-corrected chi connectivity index (χ3v) is 7.67. The third-order valence-electron chi connectivity index (χ3n) is 6.41. The second-order valence-electron chi connectivity index (χ2n) is 9.26. The van der Waals surface area contributed by atoms with Crippen LogP contribution in [0, 0.1) is 22.0 Å². The molecule has 0 spiro atoms. The predicted octanol–water partition coefficient (Wildman–Crippen LogP) is 4.52. The number of carbonyl (C=O) groups is 1. The molecular weight excluding hydrogens is 428 g/mol. The van der Waals surface area contributed by atoms with Gasteiger partial charge in [-0.1, -0.05) is 6.92 Å². The fraction of sp³-hybridized carbons (Fsp3) is 0.478. The summed E-state index contributed by atoms with van der Waals surface area (Å²) >= 11 is 0. The number of anilines is 1. The molecule has 1 saturated carbocycles. The number of aliphatic hydroxyl groups is 1. The fourth-order valence-corrected chi connectivity index (χ4v) is 5.26. The zero-order chi connectivity index (χ0) is 23.3. The maximum absolute atomic E-state index is 12.9. The number of fused-ring (bicyclic) bond motifs is 1. The number of hydrogen-bond donors (Lipinski definition) is 4. The first-order valence-electron chi connectivity index (χ1n) is 10.8. The van der Waals surface area contributed by atoms with E-state index in [2.05, 4.69) is 23.0 Å². The van der Waals surface area contributed by atoms with Crippen LogP contribution in [0.4, 0.5) is 10.5 Å². The predicted molar refractivity (Wildman–Crippen MR) is 120 cm³/mol. The van der Waals surface area contributed by atoms with Crippen molar-refractivity contribution >= 4 is 21.6 Å². The smallest absolute Gasteiger partial charge is 0.332 e. The van der Waals surface area contributed by atoms with Crippen LogP contribution in [0.5, 0.6) is 0 Å². The van der Waals surface area contributed by atoms with E-state index in [4.69, 9.17) is 9.20 Å². The van der Waals surface area contributed by atoms with Gasteiger partial charge in [0.25, 0.3) is 0 Å². The van der Waals surface area contributed by atoms with Crippen LogP contribution >= 0.6 is 0 Å². The van der Waals surface area contributed by atoms with E-state index in [0.717, 1.165) is 48.8 Å². The van der Waals surface area contributed by atoms with Gasteiger partial charge in [0.15, 0.2) is 9.92 Å². The average molecular weight is 457 g/mol. The summed E-state index contributed by atoms with van der Waals surface area (Å²) in [5.41, 5.74) is 3.29. The zero-order valence-electron chi connectivity index (χ0n) is 18.4. The maximum Gasteiger partial charge on any atom is 0.332 e. The number of benzene rings is 1. The molecular formula is C23H28N4O4S. The summed E-state index contributed by atoms with van der Waals surface area (Å²) in [6.07, 6.45) is 5.92. The minimum absolute atomic E-state index is 0.183. The minimum Gasteiger partial charge on any atom is -0.452 e. The van der Waals surface area contributed by atoms with Crippen molar-refractivity contribution < 1.29 is 18.5 Å². The molecule has 0 unspecified atom stereocenters. The quantitative estimate of drug-likeness (QED) is 0.506. The lowest BCUT2D eigenvalue weighted by atomic mass is 9.88. The van der Waals surface area contributed by atoms with Crippen molar-refractivity contribution in [2.45, 2.75) is 69.5 Å². The van der Waals surface area contributed by atoms with E-state index in [1.807, 2.05) is 6.07 Å². The number of rotatable bonds is 6. The Morgan fingerprint density at radius 2 is 2.03 bits per heavy atom. The van der Waals surface area contributed by atoms with Gasteiger partial charge in [0, 0.05) is 17.3 Å². The second-order valence-corrected chi connectivity index (χ2v) is 11.0. The molecule has 2 atom stereocenters. The Balaban J connectivity index is 1.62. The molecule has 1 aromatic heterocycles. The Morgan fingerprint density at radius 3 is 2.62 bits per heavy atom. The van der Waals surface area contributed by atoms with Crippen LogP contribution in [0.2, 0.25) is 0 Å². The van der Waals surface area contributed by atoms with Gasteiger partial charge < -0.3 is 14.8 Å². The highest BCUT2D eigenvalue weighted by molar-refractivity contribution is 7.91. The molecule has 32 heavy (non-hydrogen) atoms. The molecule has 0 radical (unpaired) electrons. The summed E-state index contributed by atoms with van der Waals surface area (Å²) < 4.78 is 28.5. The van der Waals surface area contributed by atoms with Crippen molar-refractivity contribution in [3.05, 3.63) is 46.2 Å². The van der Waals surface area contributed by atoms with Gasteiger partial charge in [0.05, 0.1) is 23.5 Å². The van der Waals surface area contributed by atoms with Crippen molar-refractivity contribution in [3.8, 4) is 6.07 Å². The molecule has 4 N–H and O–H groups in total. The molecule has 170 valence electrons. The number of nitrogens with one attached hydrogen (secondary N) is 3. The van der Waals surface area contributed by atoms with Gasteiger partial charge >= 0.3 is 6.03 Å². The molecule has 2 aromatic rings. The maximum atomic E-state index is 12.9. The van der Waals surface area contributed by atoms with E-state index in [1.165, 1.54) is 12.3 Å². The van der Waals surface area contributed by atoms with Crippen LogP contribution in [0.25, 0.3) is 0 Å². The Labute approximate surface area is 188 Å². The van der Waals surface area contributed by atoms with Crippen molar-refractivity contribution in [1.29, 1.82) is 10.0 Å². The molecule has 0 saturated heterocycles. The van der Waals surface area contributed by atoms with E-state index < -0.39 is 21.5 Å². The van der Waals surface area contributed by atoms with Crippen LogP contribution in [0.15, 0.2) is 27.9 Å². The second kappa shape index (κ2) is 7.94. The lowest BCUT2D eigenvalue weighted by Crippen LogP contribution is -2.34. The van der Waals surface area contributed by atoms with Crippen molar-refractivity contribution in [2.75, 3.05) is 5.32 Å². The van der Waals surface area contributed by atoms with E-state index in [0.29, 0.717) is 22.7 Å². The fourth-order valence-electron chi connectivity index (χ4n) is 4.37. The van der Waals surface area contributed by atoms with Gasteiger partial charge in [-0.2, -0.15) is 5.26 Å². The normalized spacial score (nSPS) is 18.3. The number of nitriles is 1. The number of furan rings is 1. The highest BCUT2D eigenvalue weighted by Crippen LogP contribution is 2.47. The Kier molecular flexibility index (Phi) is 5.55. The summed E-state index contributed by atoms with van der Waals surface area (Å²) in [5.74, 6) is 0.705. The molecule has 1 fully saturated rings. The lowest BCUT2D eigenvalue weighted by Gasteiger charge is -2.21. The highest BCUT2D eigenvalue weighted by Gasteiger charge is 2.33. The number of nitrogens with zero attached hydrogens (tertiary/aromatic N) is 1. The topological polar surface area (TPSA) is 139 Å². The number of amides is 2. The van der Waals surface area contributed by atoms with Crippen LogP contribution in [0.1, 0.15) is 73.8 Å². The molecule has 0 bridgehead atoms. The van der Waals surface area contributed by atoms with Gasteiger partial charge in [-0.05, 0) is 80.5 Å². The Bertz CT molecular complexity index is 1210. The first-order valence-corrected chi connectivity index (χ1v) is 12.3. The molecule has 1 aromatic carbocycles. The first kappa shape index (κ1) is 22.4. The van der Waals surface area contributed by atoms with Gasteiger partial charge in [-0.3, -0.25) is 0 Å². The molecule has 4 rings (SSSR count). The third kappa shape index (κ3) is 4.25. The van der Waals surface area contributed by atoms with Gasteiger partial charge in [-0.25, -0.2) is 18.5 Å². The van der Waals surface area contributed by atoms with Crippen LogP contribution in [-0.2, 0) is 28.4 Å². The number of carbonyl (C=O) groups excluding carboxylic acids is 1. The minimum atomic E-state index is -3.78. The van der Waals surface area contributed by atoms with Gasteiger partial charge in [0.1, 0.15) is 0 Å². The number of urea groups is 1. The van der Waals surface area contributed by atoms with Gasteiger partial charge in [0.2, 0.25) is 5.09 Å². The summed E-state index contributed by atoms with van der Waals surface area (Å²) in [4.78, 5) is 12.8. The average Bonchev–Trinajstić information content (AvgIpc) is 3.21. The first-order chi connectivity index (χ1) is 15.0. The Morgan fingerprint density at radius 1 is 1.34 bits per heavy atom. The van der Waals surface area contributed by atoms with Crippen molar-refractivity contribution in [1.82, 2.24) is 4.72 Å². The summed E-state index contributed by atoms with van der Waals surface area (Å²) in [6, 6.07) is 4.72. The van der Waals surface area contributed by atoms with Crippen LogP contribution in [-0.4, -0.2) is 15.3 Å². The molecule has 8 nitrogen and oxygen atoms in total. The lowest BCUT2D eigenvalue weighted by molar-refractivity contribution is 0.0779. The van der Waals surface area contributed by atoms with E-state index >= 15 is 0 Å². The Hall–Kier alpha value is -2.83. The zero-order valence-corrected chi connectivity index (χ0v) is 19.3. The molecule has 1 heterocycles. The van der Waals surface area contributed by atoms with Crippen molar-refractivity contribution in [2.24, 2.45) is 5.92 Å². The molecule has 9 heteroatoms. The van der Waals surface area contributed by atoms with E-state index in [9.17, 15) is 19.4 Å². The van der Waals surface area contributed by atoms with Gasteiger partial charge in [-0.15, -0.1) is 0 Å². The van der Waals surface area contributed by atoms with Crippen molar-refractivity contribution in [3.63, 3.8) is 0 Å². The molecule has 2 aliphatic carbocycles. The summed E-state index contributed by atoms with van der Waals surface area (Å²) in [7, 11) is -3.78. The van der Waals surface area contributed by atoms with Crippen LogP contribution in [0.3, 0.4) is 0 Å². The van der Waals surface area contributed by atoms with Crippen LogP contribution < -0.4 is 10.0 Å². The highest BCUT2D eigenvalue weighted by atomic mass is 32.2. The molecule has 2 amide bonds.